The van der Waals surface area contributed by atoms with Crippen LogP contribution in [-0.2, 0) is 9.47 Å². The first-order valence-electron chi connectivity index (χ1n) is 14.0. The standard InChI is InChI=1S/C29H31Cl2N3O9/c30-19-4-5-23(41-28(37)33-8-12-39-13-9-33)21(16-19)26(35)20-17-24(42-29(38)34-10-14-40-15-11-34)25(18-22(20)31)43-27(36)32-6-2-1-3-7-32/h4-5,16-18H,1-3,6-15H2. The Morgan fingerprint density at radius 1 is 0.581 bits per heavy atom. The van der Waals surface area contributed by atoms with Crippen LogP contribution in [0.25, 0.3) is 0 Å². The van der Waals surface area contributed by atoms with Crippen molar-refractivity contribution in [2.45, 2.75) is 19.3 Å². The number of rotatable bonds is 5. The van der Waals surface area contributed by atoms with E-state index in [1.165, 1.54) is 40.1 Å². The maximum Gasteiger partial charge on any atom is 0.415 e. The highest BCUT2D eigenvalue weighted by Gasteiger charge is 2.28. The van der Waals surface area contributed by atoms with E-state index in [9.17, 15) is 19.2 Å². The van der Waals surface area contributed by atoms with Crippen LogP contribution in [0.15, 0.2) is 30.3 Å². The topological polar surface area (TPSA) is 124 Å². The molecule has 3 fully saturated rings. The first kappa shape index (κ1) is 30.9. The van der Waals surface area contributed by atoms with E-state index in [1.807, 2.05) is 0 Å². The van der Waals surface area contributed by atoms with Crippen LogP contribution in [-0.4, -0.2) is 104 Å². The quantitative estimate of drug-likeness (QED) is 0.423. The van der Waals surface area contributed by atoms with Gasteiger partial charge in [0.05, 0.1) is 37.0 Å². The van der Waals surface area contributed by atoms with Crippen molar-refractivity contribution in [2.75, 3.05) is 65.7 Å². The summed E-state index contributed by atoms with van der Waals surface area (Å²) in [5.41, 5.74) is -0.130. The highest BCUT2D eigenvalue weighted by molar-refractivity contribution is 6.36. The zero-order valence-electron chi connectivity index (χ0n) is 23.4. The molecule has 43 heavy (non-hydrogen) atoms. The van der Waals surface area contributed by atoms with Crippen molar-refractivity contribution >= 4 is 47.3 Å². The molecule has 3 aliphatic rings. The number of benzene rings is 2. The molecule has 0 spiro atoms. The number of halogens is 2. The molecule has 3 aliphatic heterocycles. The minimum absolute atomic E-state index is 0.0329. The van der Waals surface area contributed by atoms with Gasteiger partial charge in [0.2, 0.25) is 0 Å². The van der Waals surface area contributed by atoms with Crippen molar-refractivity contribution in [3.8, 4) is 17.2 Å². The fourth-order valence-corrected chi connectivity index (χ4v) is 5.24. The molecule has 3 heterocycles. The number of amides is 3. The first-order chi connectivity index (χ1) is 20.8. The Morgan fingerprint density at radius 3 is 1.63 bits per heavy atom. The van der Waals surface area contributed by atoms with Crippen molar-refractivity contribution in [3.05, 3.63) is 51.5 Å². The molecule has 3 amide bonds. The SMILES string of the molecule is O=C(c1cc(OC(=O)N2CCOCC2)c(OC(=O)N2CCCCC2)cc1Cl)c1cc(Cl)ccc1OC(=O)N1CCOCC1. The molecule has 2 aromatic carbocycles. The summed E-state index contributed by atoms with van der Waals surface area (Å²) in [6.07, 6.45) is 0.737. The number of piperidine rings is 1. The zero-order valence-corrected chi connectivity index (χ0v) is 24.9. The van der Waals surface area contributed by atoms with Crippen LogP contribution in [0.1, 0.15) is 35.2 Å². The van der Waals surface area contributed by atoms with Crippen molar-refractivity contribution in [1.29, 1.82) is 0 Å². The van der Waals surface area contributed by atoms with E-state index >= 15 is 0 Å². The number of carbonyl (C=O) groups excluding carboxylic acids is 4. The Morgan fingerprint density at radius 2 is 1.07 bits per heavy atom. The van der Waals surface area contributed by atoms with Gasteiger partial charge in [0.25, 0.3) is 0 Å². The number of hydrogen-bond acceptors (Lipinski definition) is 9. The third kappa shape index (κ3) is 7.69. The van der Waals surface area contributed by atoms with Gasteiger partial charge < -0.3 is 38.4 Å². The molecule has 230 valence electrons. The van der Waals surface area contributed by atoms with E-state index in [0.717, 1.165) is 19.3 Å². The van der Waals surface area contributed by atoms with Crippen LogP contribution in [0.3, 0.4) is 0 Å². The summed E-state index contributed by atoms with van der Waals surface area (Å²) < 4.78 is 27.4. The molecule has 0 aromatic heterocycles. The molecular weight excluding hydrogens is 605 g/mol. The van der Waals surface area contributed by atoms with Crippen LogP contribution in [0.4, 0.5) is 14.4 Å². The fraction of sp³-hybridized carbons (Fsp3) is 0.448. The molecule has 14 heteroatoms. The van der Waals surface area contributed by atoms with E-state index in [0.29, 0.717) is 65.7 Å². The Balaban J connectivity index is 1.45. The third-order valence-electron chi connectivity index (χ3n) is 7.21. The predicted molar refractivity (Wildman–Crippen MR) is 155 cm³/mol. The molecule has 0 N–H and O–H groups in total. The summed E-state index contributed by atoms with van der Waals surface area (Å²) in [5.74, 6) is -0.989. The summed E-state index contributed by atoms with van der Waals surface area (Å²) in [7, 11) is 0. The maximum atomic E-state index is 13.9. The second kappa shape index (κ2) is 14.3. The van der Waals surface area contributed by atoms with Gasteiger partial charge in [-0.05, 0) is 43.5 Å². The highest BCUT2D eigenvalue weighted by atomic mass is 35.5. The van der Waals surface area contributed by atoms with Gasteiger partial charge in [-0.1, -0.05) is 23.2 Å². The zero-order chi connectivity index (χ0) is 30.3. The maximum absolute atomic E-state index is 13.9. The van der Waals surface area contributed by atoms with Crippen molar-refractivity contribution < 1.29 is 42.9 Å². The smallest absolute Gasteiger partial charge is 0.409 e. The number of ether oxygens (including phenoxy) is 5. The second-order valence-corrected chi connectivity index (χ2v) is 10.9. The van der Waals surface area contributed by atoms with Crippen LogP contribution in [0, 0.1) is 0 Å². The van der Waals surface area contributed by atoms with Gasteiger partial charge in [0.15, 0.2) is 17.3 Å². The fourth-order valence-electron chi connectivity index (χ4n) is 4.83. The monoisotopic (exact) mass is 635 g/mol. The van der Waals surface area contributed by atoms with E-state index in [2.05, 4.69) is 0 Å². The van der Waals surface area contributed by atoms with Gasteiger partial charge in [0, 0.05) is 55.9 Å². The van der Waals surface area contributed by atoms with Crippen molar-refractivity contribution in [3.63, 3.8) is 0 Å². The Bertz CT molecular complexity index is 1370. The molecule has 0 aliphatic carbocycles. The third-order valence-corrected chi connectivity index (χ3v) is 7.76. The molecule has 0 unspecified atom stereocenters. The summed E-state index contributed by atoms with van der Waals surface area (Å²) in [6, 6.07) is 6.74. The lowest BCUT2D eigenvalue weighted by Crippen LogP contribution is -2.42. The van der Waals surface area contributed by atoms with E-state index < -0.39 is 24.1 Å². The minimum Gasteiger partial charge on any atom is -0.409 e. The molecule has 0 radical (unpaired) electrons. The Kier molecular flexibility index (Phi) is 10.2. The van der Waals surface area contributed by atoms with Crippen molar-refractivity contribution in [2.24, 2.45) is 0 Å². The minimum atomic E-state index is -0.706. The molecule has 0 atom stereocenters. The number of likely N-dealkylation sites (tertiary alicyclic amines) is 1. The molecule has 2 aromatic rings. The predicted octanol–water partition coefficient (Wildman–Crippen LogP) is 4.87. The molecular formula is C29H31Cl2N3O9. The number of hydrogen-bond donors (Lipinski definition) is 0. The van der Waals surface area contributed by atoms with Gasteiger partial charge >= 0.3 is 18.3 Å². The number of morpholine rings is 2. The number of nitrogens with zero attached hydrogens (tertiary/aromatic N) is 3. The van der Waals surface area contributed by atoms with Crippen LogP contribution >= 0.6 is 23.2 Å². The summed E-state index contributed by atoms with van der Waals surface area (Å²) in [6.45, 7) is 3.81. The first-order valence-corrected chi connectivity index (χ1v) is 14.8. The molecule has 3 saturated heterocycles. The largest absolute Gasteiger partial charge is 0.415 e. The lowest BCUT2D eigenvalue weighted by atomic mass is 10.0. The summed E-state index contributed by atoms with van der Waals surface area (Å²) in [4.78, 5) is 57.1. The molecule has 0 bridgehead atoms. The summed E-state index contributed by atoms with van der Waals surface area (Å²) in [5, 5.41) is 0.139. The van der Waals surface area contributed by atoms with Crippen LogP contribution in [0.5, 0.6) is 17.2 Å². The highest BCUT2D eigenvalue weighted by Crippen LogP contribution is 2.37. The van der Waals surface area contributed by atoms with Gasteiger partial charge in [0.1, 0.15) is 5.75 Å². The lowest BCUT2D eigenvalue weighted by molar-refractivity contribution is 0.0412. The van der Waals surface area contributed by atoms with E-state index in [4.69, 9.17) is 46.9 Å². The summed E-state index contributed by atoms with van der Waals surface area (Å²) >= 11 is 12.8. The van der Waals surface area contributed by atoms with Gasteiger partial charge in [-0.3, -0.25) is 4.79 Å². The molecule has 12 nitrogen and oxygen atoms in total. The molecule has 5 rings (SSSR count). The average Bonchev–Trinajstić information content (AvgIpc) is 3.04. The van der Waals surface area contributed by atoms with Crippen molar-refractivity contribution in [1.82, 2.24) is 14.7 Å². The molecule has 0 saturated carbocycles. The Labute approximate surface area is 258 Å². The second-order valence-electron chi connectivity index (χ2n) is 10.1. The number of carbonyl (C=O) groups is 4. The Hall–Kier alpha value is -3.58. The van der Waals surface area contributed by atoms with Gasteiger partial charge in [-0.2, -0.15) is 0 Å². The van der Waals surface area contributed by atoms with Gasteiger partial charge in [-0.25, -0.2) is 14.4 Å². The lowest BCUT2D eigenvalue weighted by Gasteiger charge is -2.27. The van der Waals surface area contributed by atoms with Gasteiger partial charge in [-0.15, -0.1) is 0 Å². The van der Waals surface area contributed by atoms with Crippen LogP contribution in [0.2, 0.25) is 10.0 Å². The van der Waals surface area contributed by atoms with E-state index in [-0.39, 0.29) is 38.4 Å². The van der Waals surface area contributed by atoms with E-state index in [1.54, 1.807) is 4.90 Å². The average molecular weight is 636 g/mol. The van der Waals surface area contributed by atoms with Crippen LogP contribution < -0.4 is 14.2 Å². The number of ketones is 1. The normalized spacial score (nSPS) is 17.3.